The first-order valence-electron chi connectivity index (χ1n) is 11.3. The maximum Gasteiger partial charge on any atom is 0.416 e. The van der Waals surface area contributed by atoms with Crippen molar-refractivity contribution >= 4 is 23.5 Å². The molecule has 0 saturated carbocycles. The van der Waals surface area contributed by atoms with E-state index in [1.165, 1.54) is 36.0 Å². The molecule has 0 fully saturated rings. The van der Waals surface area contributed by atoms with Crippen molar-refractivity contribution in [1.82, 2.24) is 10.3 Å². The van der Waals surface area contributed by atoms with Crippen LogP contribution in [0.2, 0.25) is 0 Å². The minimum atomic E-state index is -4.36. The number of pyridine rings is 1. The van der Waals surface area contributed by atoms with Gasteiger partial charge >= 0.3 is 6.18 Å². The highest BCUT2D eigenvalue weighted by molar-refractivity contribution is 7.99. The van der Waals surface area contributed by atoms with Crippen LogP contribution >= 0.6 is 11.8 Å². The minimum absolute atomic E-state index is 0.191. The van der Waals surface area contributed by atoms with Gasteiger partial charge in [0.1, 0.15) is 16.7 Å². The zero-order chi connectivity index (χ0) is 25.2. The van der Waals surface area contributed by atoms with Gasteiger partial charge in [-0.2, -0.15) is 13.2 Å². The fourth-order valence-corrected chi connectivity index (χ4v) is 4.98. The number of hydrogen-bond donors (Lipinski definition) is 1. The third kappa shape index (κ3) is 5.78. The Hall–Kier alpha value is -3.07. The summed E-state index contributed by atoms with van der Waals surface area (Å²) >= 11 is 1.45. The van der Waals surface area contributed by atoms with E-state index < -0.39 is 11.7 Å². The van der Waals surface area contributed by atoms with E-state index >= 15 is 0 Å². The predicted octanol–water partition coefficient (Wildman–Crippen LogP) is 6.15. The van der Waals surface area contributed by atoms with Gasteiger partial charge in [0.15, 0.2) is 0 Å². The van der Waals surface area contributed by atoms with Crippen LogP contribution in [0.15, 0.2) is 53.6 Å². The highest BCUT2D eigenvalue weighted by atomic mass is 32.2. The number of hydrogen-bond acceptors (Lipinski definition) is 4. The van der Waals surface area contributed by atoms with Crippen molar-refractivity contribution in [3.8, 4) is 0 Å². The number of aromatic nitrogens is 1. The number of carbonyl (C=O) groups is 1. The molecule has 4 nitrogen and oxygen atoms in total. The standard InChI is InChI=1S/C26H25F4N3OS/c1-3-35-25-23(24(34)31-14-17-5-4-6-21(27)12-17)16(2)11-22(32-25)33-10-9-18-13-20(26(28,29)30)8-7-19(18)15-33/h4-8,11-13H,3,9-10,14-15H2,1-2H3,(H,31,34). The molecule has 0 saturated heterocycles. The summed E-state index contributed by atoms with van der Waals surface area (Å²) < 4.78 is 52.6. The average molecular weight is 504 g/mol. The van der Waals surface area contributed by atoms with Gasteiger partial charge < -0.3 is 10.2 Å². The van der Waals surface area contributed by atoms with Crippen molar-refractivity contribution in [1.29, 1.82) is 0 Å². The van der Waals surface area contributed by atoms with Gasteiger partial charge in [-0.25, -0.2) is 9.37 Å². The Balaban J connectivity index is 1.55. The van der Waals surface area contributed by atoms with Crippen LogP contribution in [0.25, 0.3) is 0 Å². The number of rotatable bonds is 6. The van der Waals surface area contributed by atoms with Gasteiger partial charge in [0.05, 0.1) is 11.1 Å². The summed E-state index contributed by atoms with van der Waals surface area (Å²) in [4.78, 5) is 19.8. The first kappa shape index (κ1) is 25.0. The lowest BCUT2D eigenvalue weighted by Gasteiger charge is -2.31. The maximum absolute atomic E-state index is 13.4. The molecule has 0 bridgehead atoms. The number of amides is 1. The van der Waals surface area contributed by atoms with Crippen molar-refractivity contribution in [2.24, 2.45) is 0 Å². The second-order valence-electron chi connectivity index (χ2n) is 8.38. The number of aryl methyl sites for hydroxylation is 1. The van der Waals surface area contributed by atoms with Gasteiger partial charge in [-0.05, 0) is 71.7 Å². The van der Waals surface area contributed by atoms with E-state index in [1.807, 2.05) is 24.8 Å². The molecule has 1 amide bonds. The van der Waals surface area contributed by atoms with E-state index in [0.29, 0.717) is 52.8 Å². The number of anilines is 1. The Morgan fingerprint density at radius 2 is 1.94 bits per heavy atom. The highest BCUT2D eigenvalue weighted by Crippen LogP contribution is 2.34. The number of alkyl halides is 3. The zero-order valence-electron chi connectivity index (χ0n) is 19.4. The molecule has 1 N–H and O–H groups in total. The van der Waals surface area contributed by atoms with Crippen LogP contribution in [-0.2, 0) is 25.7 Å². The zero-order valence-corrected chi connectivity index (χ0v) is 20.2. The lowest BCUT2D eigenvalue weighted by atomic mass is 9.97. The van der Waals surface area contributed by atoms with Crippen molar-refractivity contribution in [2.45, 2.75) is 44.6 Å². The van der Waals surface area contributed by atoms with Crippen LogP contribution in [0.5, 0.6) is 0 Å². The highest BCUT2D eigenvalue weighted by Gasteiger charge is 2.32. The van der Waals surface area contributed by atoms with Gasteiger partial charge in [-0.3, -0.25) is 4.79 Å². The van der Waals surface area contributed by atoms with Crippen LogP contribution in [0.1, 0.15) is 45.1 Å². The fraction of sp³-hybridized carbons (Fsp3) is 0.308. The van der Waals surface area contributed by atoms with Crippen molar-refractivity contribution in [3.63, 3.8) is 0 Å². The SMILES string of the molecule is CCSc1nc(N2CCc3cc(C(F)(F)F)ccc3C2)cc(C)c1C(=O)NCc1cccc(F)c1. The smallest absolute Gasteiger partial charge is 0.352 e. The van der Waals surface area contributed by atoms with Gasteiger partial charge in [0, 0.05) is 19.6 Å². The minimum Gasteiger partial charge on any atom is -0.352 e. The number of carbonyl (C=O) groups excluding carboxylic acids is 1. The molecule has 1 aliphatic rings. The number of thioether (sulfide) groups is 1. The van der Waals surface area contributed by atoms with Gasteiger partial charge in [0.25, 0.3) is 5.91 Å². The monoisotopic (exact) mass is 503 g/mol. The summed E-state index contributed by atoms with van der Waals surface area (Å²) in [5.41, 5.74) is 2.79. The third-order valence-corrected chi connectivity index (χ3v) is 6.75. The van der Waals surface area contributed by atoms with Gasteiger partial charge in [-0.1, -0.05) is 25.1 Å². The fourth-order valence-electron chi connectivity index (χ4n) is 4.15. The molecular weight excluding hydrogens is 478 g/mol. The Labute approximate surface area is 205 Å². The molecule has 0 unspecified atom stereocenters. The van der Waals surface area contributed by atoms with Crippen molar-refractivity contribution in [2.75, 3.05) is 17.2 Å². The predicted molar refractivity (Wildman–Crippen MR) is 129 cm³/mol. The third-order valence-electron chi connectivity index (χ3n) is 5.89. The van der Waals surface area contributed by atoms with Gasteiger partial charge in [-0.15, -0.1) is 11.8 Å². The number of halogens is 4. The van der Waals surface area contributed by atoms with Crippen LogP contribution in [-0.4, -0.2) is 23.2 Å². The Kier molecular flexibility index (Phi) is 7.35. The normalized spacial score (nSPS) is 13.5. The lowest BCUT2D eigenvalue weighted by molar-refractivity contribution is -0.137. The topological polar surface area (TPSA) is 45.2 Å². The molecule has 4 rings (SSSR count). The summed E-state index contributed by atoms with van der Waals surface area (Å²) in [5, 5.41) is 3.44. The summed E-state index contributed by atoms with van der Waals surface area (Å²) in [6, 6.07) is 11.8. The second-order valence-corrected chi connectivity index (χ2v) is 9.63. The molecule has 35 heavy (non-hydrogen) atoms. The number of nitrogens with one attached hydrogen (secondary N) is 1. The molecule has 1 aliphatic heterocycles. The molecule has 1 aromatic heterocycles. The van der Waals surface area contributed by atoms with E-state index in [0.717, 1.165) is 17.2 Å². The summed E-state index contributed by atoms with van der Waals surface area (Å²) in [7, 11) is 0. The second kappa shape index (κ2) is 10.3. The largest absolute Gasteiger partial charge is 0.416 e. The van der Waals surface area contributed by atoms with E-state index in [9.17, 15) is 22.4 Å². The molecule has 0 atom stereocenters. The van der Waals surface area contributed by atoms with Gasteiger partial charge in [0.2, 0.25) is 0 Å². The molecule has 2 heterocycles. The quantitative estimate of drug-likeness (QED) is 0.324. The number of benzene rings is 2. The summed E-state index contributed by atoms with van der Waals surface area (Å²) in [6.07, 6.45) is -3.88. The number of fused-ring (bicyclic) bond motifs is 1. The van der Waals surface area contributed by atoms with Crippen LogP contribution in [0, 0.1) is 12.7 Å². The molecule has 0 radical (unpaired) electrons. The van der Waals surface area contributed by atoms with Crippen LogP contribution < -0.4 is 10.2 Å². The van der Waals surface area contributed by atoms with E-state index in [4.69, 9.17) is 4.98 Å². The molecule has 2 aromatic carbocycles. The Bertz CT molecular complexity index is 1250. The Morgan fingerprint density at radius 1 is 1.14 bits per heavy atom. The maximum atomic E-state index is 13.4. The van der Waals surface area contributed by atoms with E-state index in [1.54, 1.807) is 12.1 Å². The molecule has 9 heteroatoms. The van der Waals surface area contributed by atoms with Crippen LogP contribution in [0.4, 0.5) is 23.4 Å². The van der Waals surface area contributed by atoms with Crippen molar-refractivity contribution < 1.29 is 22.4 Å². The molecule has 184 valence electrons. The molecule has 3 aromatic rings. The number of nitrogens with zero attached hydrogens (tertiary/aromatic N) is 2. The summed E-state index contributed by atoms with van der Waals surface area (Å²) in [5.74, 6) is 0.748. The molecular formula is C26H25F4N3OS. The van der Waals surface area contributed by atoms with E-state index in [-0.39, 0.29) is 18.3 Å². The Morgan fingerprint density at radius 3 is 2.66 bits per heavy atom. The lowest BCUT2D eigenvalue weighted by Crippen LogP contribution is -2.32. The molecule has 0 spiro atoms. The van der Waals surface area contributed by atoms with E-state index in [2.05, 4.69) is 5.32 Å². The average Bonchev–Trinajstić information content (AvgIpc) is 2.81. The summed E-state index contributed by atoms with van der Waals surface area (Å²) in [6.45, 7) is 4.98. The molecule has 0 aliphatic carbocycles. The first-order valence-corrected chi connectivity index (χ1v) is 12.2. The first-order chi connectivity index (χ1) is 16.7. The van der Waals surface area contributed by atoms with Crippen molar-refractivity contribution in [3.05, 3.63) is 87.7 Å². The van der Waals surface area contributed by atoms with Crippen LogP contribution in [0.3, 0.4) is 0 Å².